The molecule has 0 saturated carbocycles. The predicted molar refractivity (Wildman–Crippen MR) is 89.5 cm³/mol. The second-order valence-corrected chi connectivity index (χ2v) is 5.76. The third-order valence-electron chi connectivity index (χ3n) is 3.26. The topological polar surface area (TPSA) is 72.2 Å². The maximum atomic E-state index is 11.8. The van der Waals surface area contributed by atoms with E-state index in [4.69, 9.17) is 5.73 Å². The predicted octanol–water partition coefficient (Wildman–Crippen LogP) is 2.74. The number of nitrogens with two attached hydrogens (primary N) is 1. The molecule has 2 aromatic rings. The van der Waals surface area contributed by atoms with Gasteiger partial charge in [0.25, 0.3) is 0 Å². The van der Waals surface area contributed by atoms with E-state index in [9.17, 15) is 9.59 Å². The van der Waals surface area contributed by atoms with E-state index in [0.717, 1.165) is 12.0 Å². The van der Waals surface area contributed by atoms with Gasteiger partial charge < -0.3 is 11.1 Å². The molecule has 3 N–H and O–H groups in total. The first kappa shape index (κ1) is 16.0. The molecule has 0 unspecified atom stereocenters. The zero-order valence-corrected chi connectivity index (χ0v) is 13.2. The monoisotopic (exact) mass is 314 g/mol. The number of aryl methyl sites for hydroxylation is 1. The Morgan fingerprint density at radius 2 is 1.95 bits per heavy atom. The van der Waals surface area contributed by atoms with Gasteiger partial charge in [-0.3, -0.25) is 9.59 Å². The Morgan fingerprint density at radius 1 is 1.23 bits per heavy atom. The van der Waals surface area contributed by atoms with Crippen LogP contribution in [0.2, 0.25) is 0 Å². The highest BCUT2D eigenvalue weighted by Crippen LogP contribution is 2.16. The summed E-state index contributed by atoms with van der Waals surface area (Å²) in [6, 6.07) is 8.86. The summed E-state index contributed by atoms with van der Waals surface area (Å²) in [5.41, 5.74) is 7.74. The molecular formula is C17H18N2O2S. The minimum absolute atomic E-state index is 0.144. The average Bonchev–Trinajstić information content (AvgIpc) is 2.98. The second kappa shape index (κ2) is 7.56. The molecule has 0 atom stereocenters. The number of hydrogen-bond donors (Lipinski definition) is 2. The maximum Gasteiger partial charge on any atom is 0.248 e. The number of carbonyl (C=O) groups excluding carboxylic acids is 2. The van der Waals surface area contributed by atoms with Crippen LogP contribution < -0.4 is 11.1 Å². The van der Waals surface area contributed by atoms with Crippen molar-refractivity contribution in [2.24, 2.45) is 5.73 Å². The molecule has 0 fully saturated rings. The zero-order chi connectivity index (χ0) is 15.9. The molecule has 0 aliphatic heterocycles. The summed E-state index contributed by atoms with van der Waals surface area (Å²) in [5, 5.41) is 4.91. The number of hydrogen-bond acceptors (Lipinski definition) is 3. The fourth-order valence-corrected chi connectivity index (χ4v) is 2.91. The summed E-state index contributed by atoms with van der Waals surface area (Å²) in [4.78, 5) is 24.0. The Labute approximate surface area is 133 Å². The molecule has 0 radical (unpaired) electrons. The van der Waals surface area contributed by atoms with Crippen molar-refractivity contribution < 1.29 is 9.59 Å². The van der Waals surface area contributed by atoms with Gasteiger partial charge in [-0.15, -0.1) is 11.3 Å². The number of nitrogens with one attached hydrogen (secondary N) is 1. The van der Waals surface area contributed by atoms with Crippen molar-refractivity contribution in [2.45, 2.75) is 19.9 Å². The smallest absolute Gasteiger partial charge is 0.248 e. The lowest BCUT2D eigenvalue weighted by Gasteiger charge is -2.02. The molecule has 1 aromatic heterocycles. The van der Waals surface area contributed by atoms with Crippen molar-refractivity contribution in [3.63, 3.8) is 0 Å². The maximum absolute atomic E-state index is 11.8. The van der Waals surface area contributed by atoms with Gasteiger partial charge in [-0.1, -0.05) is 19.1 Å². The van der Waals surface area contributed by atoms with Crippen LogP contribution >= 0.6 is 11.3 Å². The Hall–Kier alpha value is -2.40. The van der Waals surface area contributed by atoms with Gasteiger partial charge in [0.2, 0.25) is 11.8 Å². The van der Waals surface area contributed by atoms with Crippen molar-refractivity contribution in [3.05, 3.63) is 63.4 Å². The number of thiophene rings is 1. The highest BCUT2D eigenvalue weighted by Gasteiger charge is 2.03. The van der Waals surface area contributed by atoms with Gasteiger partial charge in [-0.05, 0) is 47.2 Å². The minimum Gasteiger partial charge on any atom is -0.366 e. The van der Waals surface area contributed by atoms with Crippen LogP contribution in [-0.2, 0) is 17.8 Å². The van der Waals surface area contributed by atoms with E-state index < -0.39 is 5.91 Å². The highest BCUT2D eigenvalue weighted by atomic mass is 32.1. The van der Waals surface area contributed by atoms with Crippen LogP contribution in [0.4, 0.5) is 0 Å². The first-order valence-corrected chi connectivity index (χ1v) is 7.89. The molecule has 0 aliphatic rings. The summed E-state index contributed by atoms with van der Waals surface area (Å²) >= 11 is 1.65. The lowest BCUT2D eigenvalue weighted by Crippen LogP contribution is -2.20. The van der Waals surface area contributed by atoms with Crippen LogP contribution in [0, 0.1) is 0 Å². The molecule has 0 saturated heterocycles. The average molecular weight is 314 g/mol. The molecule has 114 valence electrons. The van der Waals surface area contributed by atoms with Gasteiger partial charge in [-0.2, -0.15) is 0 Å². The highest BCUT2D eigenvalue weighted by molar-refractivity contribution is 7.10. The summed E-state index contributed by atoms with van der Waals surface area (Å²) in [6.07, 6.45) is 4.16. The van der Waals surface area contributed by atoms with Crippen LogP contribution in [0.5, 0.6) is 0 Å². The lowest BCUT2D eigenvalue weighted by atomic mass is 10.1. The van der Waals surface area contributed by atoms with E-state index in [0.29, 0.717) is 12.1 Å². The van der Waals surface area contributed by atoms with Gasteiger partial charge in [0.05, 0.1) is 6.54 Å². The Balaban J connectivity index is 1.89. The summed E-state index contributed by atoms with van der Waals surface area (Å²) in [7, 11) is 0. The number of benzene rings is 1. The molecule has 4 nitrogen and oxygen atoms in total. The van der Waals surface area contributed by atoms with Gasteiger partial charge in [0.1, 0.15) is 0 Å². The molecule has 2 rings (SSSR count). The van der Waals surface area contributed by atoms with Crippen molar-refractivity contribution in [1.82, 2.24) is 5.32 Å². The summed E-state index contributed by atoms with van der Waals surface area (Å²) < 4.78 is 0. The largest absolute Gasteiger partial charge is 0.366 e. The summed E-state index contributed by atoms with van der Waals surface area (Å²) in [6.45, 7) is 2.65. The SMILES string of the molecule is CCc1ccsc1CNC(=O)C=Cc1ccc(C(N)=O)cc1. The third-order valence-corrected chi connectivity index (χ3v) is 4.23. The van der Waals surface area contributed by atoms with E-state index in [-0.39, 0.29) is 5.91 Å². The van der Waals surface area contributed by atoms with E-state index in [1.165, 1.54) is 16.5 Å². The first-order valence-electron chi connectivity index (χ1n) is 7.01. The first-order chi connectivity index (χ1) is 10.6. The normalized spacial score (nSPS) is 10.8. The van der Waals surface area contributed by atoms with Gasteiger partial charge in [0, 0.05) is 16.5 Å². The van der Waals surface area contributed by atoms with Crippen molar-refractivity contribution in [1.29, 1.82) is 0 Å². The zero-order valence-electron chi connectivity index (χ0n) is 12.3. The standard InChI is InChI=1S/C17H18N2O2S/c1-2-13-9-10-22-15(13)11-19-16(20)8-5-12-3-6-14(7-4-12)17(18)21/h3-10H,2,11H2,1H3,(H2,18,21)(H,19,20). The Morgan fingerprint density at radius 3 is 2.59 bits per heavy atom. The van der Waals surface area contributed by atoms with Crippen molar-refractivity contribution in [2.75, 3.05) is 0 Å². The minimum atomic E-state index is -0.462. The summed E-state index contributed by atoms with van der Waals surface area (Å²) in [5.74, 6) is -0.606. The van der Waals surface area contributed by atoms with Gasteiger partial charge in [-0.25, -0.2) is 0 Å². The van der Waals surface area contributed by atoms with Crippen LogP contribution in [0.3, 0.4) is 0 Å². The van der Waals surface area contributed by atoms with Crippen molar-refractivity contribution in [3.8, 4) is 0 Å². The molecule has 0 aliphatic carbocycles. The third kappa shape index (κ3) is 4.30. The van der Waals surface area contributed by atoms with Gasteiger partial charge >= 0.3 is 0 Å². The molecule has 5 heteroatoms. The molecule has 0 bridgehead atoms. The second-order valence-electron chi connectivity index (χ2n) is 4.76. The van der Waals surface area contributed by atoms with Crippen LogP contribution in [0.1, 0.15) is 33.3 Å². The quantitative estimate of drug-likeness (QED) is 0.805. The number of amides is 2. The van der Waals surface area contributed by atoms with Crippen LogP contribution in [0.15, 0.2) is 41.8 Å². The Bertz CT molecular complexity index is 687. The Kier molecular flexibility index (Phi) is 5.49. The number of rotatable bonds is 6. The molecule has 0 spiro atoms. The fraction of sp³-hybridized carbons (Fsp3) is 0.176. The number of carbonyl (C=O) groups is 2. The molecule has 1 heterocycles. The van der Waals surface area contributed by atoms with Gasteiger partial charge in [0.15, 0.2) is 0 Å². The fourth-order valence-electron chi connectivity index (χ4n) is 1.99. The molecule has 1 aromatic carbocycles. The molecular weight excluding hydrogens is 296 g/mol. The van der Waals surface area contributed by atoms with Crippen molar-refractivity contribution >= 4 is 29.2 Å². The molecule has 2 amide bonds. The van der Waals surface area contributed by atoms with E-state index in [2.05, 4.69) is 18.3 Å². The number of primary amides is 1. The lowest BCUT2D eigenvalue weighted by molar-refractivity contribution is -0.116. The molecule has 22 heavy (non-hydrogen) atoms. The van der Waals surface area contributed by atoms with Crippen LogP contribution in [0.25, 0.3) is 6.08 Å². The van der Waals surface area contributed by atoms with E-state index >= 15 is 0 Å². The van der Waals surface area contributed by atoms with Crippen LogP contribution in [-0.4, -0.2) is 11.8 Å². The van der Waals surface area contributed by atoms with E-state index in [1.807, 2.05) is 5.38 Å². The van der Waals surface area contributed by atoms with E-state index in [1.54, 1.807) is 41.7 Å².